The van der Waals surface area contributed by atoms with Crippen LogP contribution in [-0.4, -0.2) is 18.8 Å². The van der Waals surface area contributed by atoms with Gasteiger partial charge in [0.1, 0.15) is 0 Å². The second-order valence-electron chi connectivity index (χ2n) is 1.51. The summed E-state index contributed by atoms with van der Waals surface area (Å²) in [5.74, 6) is -3.79. The van der Waals surface area contributed by atoms with Crippen LogP contribution in [0.15, 0.2) is 0 Å². The molecule has 0 saturated heterocycles. The molecule has 0 amide bonds. The van der Waals surface area contributed by atoms with Crippen molar-refractivity contribution in [3.8, 4) is 0 Å². The molecule has 0 aromatic carbocycles. The van der Waals surface area contributed by atoms with Crippen LogP contribution in [0.5, 0.6) is 0 Å². The first-order valence-electron chi connectivity index (χ1n) is 2.08. The summed E-state index contributed by atoms with van der Waals surface area (Å²) in [5, 5.41) is 0. The van der Waals surface area contributed by atoms with Crippen molar-refractivity contribution in [1.29, 1.82) is 0 Å². The van der Waals surface area contributed by atoms with Crippen LogP contribution in [0.1, 0.15) is 6.92 Å². The van der Waals surface area contributed by atoms with Gasteiger partial charge in [0.25, 0.3) is 0 Å². The van der Waals surface area contributed by atoms with Gasteiger partial charge in [-0.1, -0.05) is 0 Å². The fourth-order valence-electron chi connectivity index (χ4n) is 0.106. The van der Waals surface area contributed by atoms with E-state index in [9.17, 15) is 17.6 Å². The van der Waals surface area contributed by atoms with E-state index in [-0.39, 0.29) is 0 Å². The lowest BCUT2D eigenvalue weighted by Gasteiger charge is -2.11. The topological polar surface area (TPSA) is 0 Å². The van der Waals surface area contributed by atoms with Gasteiger partial charge in [0.2, 0.25) is 0 Å². The lowest BCUT2D eigenvalue weighted by atomic mass is 10.3. The minimum atomic E-state index is -3.79. The van der Waals surface area contributed by atoms with E-state index in [0.717, 1.165) is 0 Å². The largest absolute Gasteiger partial charge is 0.306 e. The first-order chi connectivity index (χ1) is 3.50. The Morgan fingerprint density at radius 1 is 1.50 bits per heavy atom. The van der Waals surface area contributed by atoms with Gasteiger partial charge in [0.15, 0.2) is 12.8 Å². The molecule has 0 fully saturated rings. The Morgan fingerprint density at radius 2 is 1.88 bits per heavy atom. The van der Waals surface area contributed by atoms with Crippen molar-refractivity contribution in [2.45, 2.75) is 19.0 Å². The Kier molecular flexibility index (Phi) is 2.25. The highest BCUT2D eigenvalue weighted by Crippen LogP contribution is 2.20. The van der Waals surface area contributed by atoms with Gasteiger partial charge in [0.05, 0.1) is 0 Å². The predicted molar refractivity (Wildman–Crippen MR) is 21.5 cm³/mol. The minimum absolute atomic E-state index is 0.625. The van der Waals surface area contributed by atoms with Crippen molar-refractivity contribution in [2.24, 2.45) is 0 Å². The van der Waals surface area contributed by atoms with E-state index in [4.69, 9.17) is 0 Å². The molecular formula is C4H6F4. The Bertz CT molecular complexity index is 68.4. The van der Waals surface area contributed by atoms with Crippen molar-refractivity contribution in [3.05, 3.63) is 0 Å². The predicted octanol–water partition coefficient (Wildman–Crippen LogP) is 1.95. The van der Waals surface area contributed by atoms with E-state index in [2.05, 4.69) is 0 Å². The molecule has 4 heteroatoms. The lowest BCUT2D eigenvalue weighted by Crippen LogP contribution is -2.29. The standard InChI is InChI=1S/C4H6F4/c1-3(6)4(7,8)2-5/h3H,2H2,1H3. The maximum atomic E-state index is 11.5. The summed E-state index contributed by atoms with van der Waals surface area (Å²) in [7, 11) is 0. The smallest absolute Gasteiger partial charge is 0.244 e. The molecule has 0 radical (unpaired) electrons. The van der Waals surface area contributed by atoms with Crippen molar-refractivity contribution >= 4 is 0 Å². The van der Waals surface area contributed by atoms with E-state index >= 15 is 0 Å². The minimum Gasteiger partial charge on any atom is -0.244 e. The second-order valence-corrected chi connectivity index (χ2v) is 1.51. The zero-order valence-electron chi connectivity index (χ0n) is 4.30. The van der Waals surface area contributed by atoms with Gasteiger partial charge in [-0.3, -0.25) is 0 Å². The number of rotatable bonds is 2. The van der Waals surface area contributed by atoms with Crippen LogP contribution in [0.3, 0.4) is 0 Å². The summed E-state index contributed by atoms with van der Waals surface area (Å²) in [5.41, 5.74) is 0. The number of hydrogen-bond acceptors (Lipinski definition) is 0. The van der Waals surface area contributed by atoms with Gasteiger partial charge in [-0.25, -0.2) is 17.6 Å². The molecule has 0 nitrogen and oxygen atoms in total. The van der Waals surface area contributed by atoms with Gasteiger partial charge in [-0.15, -0.1) is 0 Å². The van der Waals surface area contributed by atoms with Crippen LogP contribution in [0.4, 0.5) is 17.6 Å². The van der Waals surface area contributed by atoms with Crippen LogP contribution in [0.2, 0.25) is 0 Å². The molecule has 8 heavy (non-hydrogen) atoms. The molecule has 0 bridgehead atoms. The summed E-state index contributed by atoms with van der Waals surface area (Å²) >= 11 is 0. The van der Waals surface area contributed by atoms with Crippen LogP contribution < -0.4 is 0 Å². The third-order valence-electron chi connectivity index (χ3n) is 0.760. The lowest BCUT2D eigenvalue weighted by molar-refractivity contribution is -0.0808. The highest BCUT2D eigenvalue weighted by Gasteiger charge is 2.36. The van der Waals surface area contributed by atoms with Gasteiger partial charge in [-0.05, 0) is 6.92 Å². The average molecular weight is 130 g/mol. The molecule has 1 unspecified atom stereocenters. The zero-order valence-corrected chi connectivity index (χ0v) is 4.30. The highest BCUT2D eigenvalue weighted by molar-refractivity contribution is 4.70. The third-order valence-corrected chi connectivity index (χ3v) is 0.760. The Balaban J connectivity index is 3.71. The molecule has 50 valence electrons. The maximum Gasteiger partial charge on any atom is 0.306 e. The van der Waals surface area contributed by atoms with Crippen LogP contribution >= 0.6 is 0 Å². The number of hydrogen-bond donors (Lipinski definition) is 0. The second kappa shape index (κ2) is 2.33. The Hall–Kier alpha value is -0.280. The van der Waals surface area contributed by atoms with Gasteiger partial charge in [-0.2, -0.15) is 0 Å². The van der Waals surface area contributed by atoms with Gasteiger partial charge in [0, 0.05) is 0 Å². The molecule has 0 aromatic rings. The Labute approximate surface area is 44.5 Å². The van der Waals surface area contributed by atoms with E-state index < -0.39 is 18.8 Å². The molecule has 0 spiro atoms. The first kappa shape index (κ1) is 7.72. The van der Waals surface area contributed by atoms with Gasteiger partial charge < -0.3 is 0 Å². The summed E-state index contributed by atoms with van der Waals surface area (Å²) in [4.78, 5) is 0. The molecule has 0 rings (SSSR count). The van der Waals surface area contributed by atoms with Crippen LogP contribution in [0, 0.1) is 0 Å². The van der Waals surface area contributed by atoms with E-state index in [1.54, 1.807) is 0 Å². The monoisotopic (exact) mass is 130 g/mol. The summed E-state index contributed by atoms with van der Waals surface area (Å²) in [6.45, 7) is -1.30. The van der Waals surface area contributed by atoms with Crippen molar-refractivity contribution in [1.82, 2.24) is 0 Å². The van der Waals surface area contributed by atoms with Crippen LogP contribution in [0.25, 0.3) is 0 Å². The number of alkyl halides is 4. The quantitative estimate of drug-likeness (QED) is 0.501. The molecule has 0 heterocycles. The first-order valence-corrected chi connectivity index (χ1v) is 2.08. The van der Waals surface area contributed by atoms with Crippen molar-refractivity contribution < 1.29 is 17.6 Å². The molecule has 0 aliphatic heterocycles. The van der Waals surface area contributed by atoms with E-state index in [1.165, 1.54) is 0 Å². The third kappa shape index (κ3) is 1.68. The summed E-state index contributed by atoms with van der Waals surface area (Å²) in [6, 6.07) is 0. The zero-order chi connectivity index (χ0) is 6.78. The fourth-order valence-corrected chi connectivity index (χ4v) is 0.106. The van der Waals surface area contributed by atoms with Crippen molar-refractivity contribution in [3.63, 3.8) is 0 Å². The summed E-state index contributed by atoms with van der Waals surface area (Å²) < 4.78 is 45.6. The van der Waals surface area contributed by atoms with E-state index in [1.807, 2.05) is 0 Å². The molecule has 0 aromatic heterocycles. The maximum absolute atomic E-state index is 11.5. The molecular weight excluding hydrogens is 124 g/mol. The molecule has 0 saturated carbocycles. The fraction of sp³-hybridized carbons (Fsp3) is 1.00. The Morgan fingerprint density at radius 3 is 1.88 bits per heavy atom. The summed E-state index contributed by atoms with van der Waals surface area (Å²) in [6.07, 6.45) is -2.40. The van der Waals surface area contributed by atoms with Crippen molar-refractivity contribution in [2.75, 3.05) is 6.67 Å². The number of halogens is 4. The normalized spacial score (nSPS) is 16.1. The molecule has 0 N–H and O–H groups in total. The van der Waals surface area contributed by atoms with Crippen LogP contribution in [-0.2, 0) is 0 Å². The molecule has 1 atom stereocenters. The van der Waals surface area contributed by atoms with Gasteiger partial charge >= 0.3 is 5.92 Å². The average Bonchev–Trinajstić information content (AvgIpc) is 1.67. The highest BCUT2D eigenvalue weighted by atomic mass is 19.3. The molecule has 0 aliphatic carbocycles. The van der Waals surface area contributed by atoms with E-state index in [0.29, 0.717) is 6.92 Å². The SMILES string of the molecule is CC(F)C(F)(F)CF. The molecule has 0 aliphatic rings.